The van der Waals surface area contributed by atoms with Gasteiger partial charge in [0.25, 0.3) is 0 Å². The van der Waals surface area contributed by atoms with E-state index in [0.29, 0.717) is 13.1 Å². The monoisotopic (exact) mass is 1370 g/mol. The quantitative estimate of drug-likeness (QED) is 0.0306. The van der Waals surface area contributed by atoms with Crippen molar-refractivity contribution in [3.63, 3.8) is 0 Å². The molecule has 530 valence electrons. The molecule has 4 aromatic rings. The number of nitrogens with two attached hydrogens (primary N) is 1. The molecule has 5 saturated heterocycles. The van der Waals surface area contributed by atoms with Crippen molar-refractivity contribution in [2.24, 2.45) is 16.0 Å². The Bertz CT molecular complexity index is 3600. The number of amides is 6. The number of nitrogens with zero attached hydrogens (tertiary/aromatic N) is 10. The Morgan fingerprint density at radius 3 is 1.28 bits per heavy atom. The molecule has 5 aliphatic rings. The topological polar surface area (TPSA) is 388 Å². The Balaban J connectivity index is 0.000000246. The van der Waals surface area contributed by atoms with Crippen molar-refractivity contribution in [2.45, 2.75) is 140 Å². The van der Waals surface area contributed by atoms with E-state index in [1.807, 2.05) is 121 Å². The highest BCUT2D eigenvalue weighted by molar-refractivity contribution is 5.71. The Kier molecular flexibility index (Phi) is 25.6. The number of carbonyl (C=O) groups excluding carboxylic acids is 6. The number of hydrogen-bond acceptors (Lipinski definition) is 21. The standard InChI is InChI=1S/C18H26N2O5.C13H16N4O3.C13H18N2O3.C12H14N4O3.C10H20N2O3/c1-18(2,3)25-16(21)19-14-10-20(11-15(14)23-4)17(22)24-12-13-8-6-5-7-9-13;1-19-12-8-17(7-11(12)15-16-14)13(18)20-9-10-5-3-2-4-6-10;1-17-12-8-15(7-11(12)14)13(16)18-9-10-5-3-2-4-6-10;13-15-14-10-6-16(7-11(10)17)12(18)19-8-9-4-2-1-3-5-9;1-10(2,3)15-9(13)12-7-5-11-6-8(7)14-4/h5-9,14-15H,10-12H2,1-4H3,(H,19,21);2-6,11-12H,7-9H2,1H3;2-6,11-12H,7-9,14H2,1H3;1-5,10-11,17H,6-8H2;7-8,11H,5-6H2,1-4H3,(H,12,13)/t14-,15-;2*11-,12-;10-,11-;7-,8-/m00000/s1/i4D3;2*1D3;;4D3. The molecular formula is C66H94N14O17. The van der Waals surface area contributed by atoms with Crippen LogP contribution in [0.15, 0.2) is 132 Å². The molecule has 0 aliphatic carbocycles. The van der Waals surface area contributed by atoms with Gasteiger partial charge >= 0.3 is 36.6 Å². The van der Waals surface area contributed by atoms with Crippen molar-refractivity contribution in [3.05, 3.63) is 164 Å². The van der Waals surface area contributed by atoms with Crippen molar-refractivity contribution in [1.29, 1.82) is 0 Å². The molecule has 6 N–H and O–H groups in total. The first kappa shape index (κ1) is 61.4. The zero-order valence-corrected chi connectivity index (χ0v) is 54.7. The van der Waals surface area contributed by atoms with E-state index >= 15 is 0 Å². The highest BCUT2D eigenvalue weighted by Gasteiger charge is 2.40. The predicted octanol–water partition coefficient (Wildman–Crippen LogP) is 8.04. The molecule has 4 aromatic carbocycles. The minimum absolute atomic E-state index is 0.00427. The Morgan fingerprint density at radius 1 is 0.495 bits per heavy atom. The van der Waals surface area contributed by atoms with Crippen LogP contribution in [0, 0.1) is 0 Å². The predicted molar refractivity (Wildman–Crippen MR) is 355 cm³/mol. The molecule has 31 nitrogen and oxygen atoms in total. The molecule has 0 aromatic heterocycles. The Hall–Kier alpha value is -9.16. The lowest BCUT2D eigenvalue weighted by molar-refractivity contribution is 0.0407. The Morgan fingerprint density at radius 2 is 0.845 bits per heavy atom. The van der Waals surface area contributed by atoms with Gasteiger partial charge in [0.1, 0.15) is 37.6 Å². The summed E-state index contributed by atoms with van der Waals surface area (Å²) in [6.45, 7) is 12.5. The van der Waals surface area contributed by atoms with Crippen LogP contribution < -0.4 is 21.7 Å². The van der Waals surface area contributed by atoms with E-state index in [1.165, 1.54) is 19.6 Å². The number of methoxy groups -OCH3 is 4. The van der Waals surface area contributed by atoms with Crippen LogP contribution in [0.3, 0.4) is 0 Å². The molecule has 5 aliphatic heterocycles. The van der Waals surface area contributed by atoms with E-state index in [0.717, 1.165) is 22.3 Å². The lowest BCUT2D eigenvalue weighted by Crippen LogP contribution is -2.45. The summed E-state index contributed by atoms with van der Waals surface area (Å²) in [4.78, 5) is 82.3. The summed E-state index contributed by atoms with van der Waals surface area (Å²) in [6.07, 6.45) is -7.46. The summed E-state index contributed by atoms with van der Waals surface area (Å²) in [6, 6.07) is 33.9. The zero-order chi connectivity index (χ0) is 80.9. The maximum absolute atomic E-state index is 12.4. The van der Waals surface area contributed by atoms with Crippen molar-refractivity contribution in [3.8, 4) is 0 Å². The number of alkyl carbamates (subject to hydrolysis) is 2. The highest BCUT2D eigenvalue weighted by Crippen LogP contribution is 2.21. The van der Waals surface area contributed by atoms with Gasteiger partial charge in [0.05, 0.1) is 103 Å². The van der Waals surface area contributed by atoms with E-state index in [1.54, 1.807) is 41.5 Å². The second-order valence-electron chi connectivity index (χ2n) is 24.3. The van der Waals surface area contributed by atoms with Crippen LogP contribution >= 0.6 is 0 Å². The molecular weight excluding hydrogens is 1260 g/mol. The number of aliphatic hydroxyl groups is 1. The van der Waals surface area contributed by atoms with Crippen molar-refractivity contribution in [1.82, 2.24) is 35.6 Å². The molecule has 97 heavy (non-hydrogen) atoms. The average Bonchev–Trinajstić information content (AvgIpc) is 1.67. The summed E-state index contributed by atoms with van der Waals surface area (Å²) < 4.78 is 136. The van der Waals surface area contributed by atoms with Gasteiger partial charge in [-0.2, -0.15) is 0 Å². The summed E-state index contributed by atoms with van der Waals surface area (Å²) in [5, 5.41) is 24.7. The van der Waals surface area contributed by atoms with E-state index in [4.69, 9.17) is 80.6 Å². The molecule has 0 spiro atoms. The van der Waals surface area contributed by atoms with Crippen LogP contribution in [0.25, 0.3) is 20.9 Å². The molecule has 31 heteroatoms. The molecule has 0 saturated carbocycles. The largest absolute Gasteiger partial charge is 0.445 e. The van der Waals surface area contributed by atoms with Gasteiger partial charge in [-0.05, 0) is 74.9 Å². The first-order valence-electron chi connectivity index (χ1n) is 36.7. The van der Waals surface area contributed by atoms with Crippen LogP contribution in [0.1, 0.15) is 80.2 Å². The minimum atomic E-state index is -2.66. The number of benzene rings is 4. The summed E-state index contributed by atoms with van der Waals surface area (Å²) >= 11 is 0. The van der Waals surface area contributed by atoms with Crippen molar-refractivity contribution in [2.75, 3.05) is 93.6 Å². The smallest absolute Gasteiger partial charge is 0.410 e. The van der Waals surface area contributed by atoms with Crippen LogP contribution in [0.5, 0.6) is 0 Å². The van der Waals surface area contributed by atoms with Crippen LogP contribution in [-0.4, -0.2) is 227 Å². The fraction of sp³-hybridized carbons (Fsp3) is 0.545. The minimum Gasteiger partial charge on any atom is -0.445 e. The van der Waals surface area contributed by atoms with Gasteiger partial charge in [-0.1, -0.05) is 132 Å². The van der Waals surface area contributed by atoms with Gasteiger partial charge < -0.3 is 93.8 Å². The van der Waals surface area contributed by atoms with Crippen LogP contribution in [0.2, 0.25) is 0 Å². The number of ether oxygens (including phenoxy) is 10. The third kappa shape index (κ3) is 28.2. The first-order valence-corrected chi connectivity index (χ1v) is 30.7. The molecule has 6 amide bonds. The SMILES string of the molecule is [2H]C([2H])([2H])O[C@H]1CN(C(=O)OCc2ccccc2)C[C@@H]1N.[2H]C([2H])([2H])O[C@H]1CN(C(=O)OCc2ccccc2)C[C@@H]1N=[N+]=[N-].[2H]C([2H])([2H])O[C@H]1CN(C(=O)OCc2ccccc2)C[C@@H]1NC(=O)OC(C)(C)C.[2H]C([2H])([2H])O[C@H]1CNC[C@@H]1NC(=O)OC(C)(C)C.[N-]=[N+]=N[C@H]1CN(C(=O)OCc2ccccc2)C[C@@H]1O. The van der Waals surface area contributed by atoms with Gasteiger partial charge in [0.2, 0.25) is 0 Å². The number of rotatable bonds is 16. The fourth-order valence-electron chi connectivity index (χ4n) is 9.63. The molecule has 0 unspecified atom stereocenters. The summed E-state index contributed by atoms with van der Waals surface area (Å²) in [5.74, 6) is 0. The van der Waals surface area contributed by atoms with Gasteiger partial charge in [-0.3, -0.25) is 0 Å². The number of likely N-dealkylation sites (tertiary alicyclic amines) is 4. The first-order chi connectivity index (χ1) is 50.9. The molecule has 0 bridgehead atoms. The number of hydrogen-bond donors (Lipinski definition) is 5. The number of azide groups is 2. The lowest BCUT2D eigenvalue weighted by Gasteiger charge is -2.23. The zero-order valence-electron chi connectivity index (χ0n) is 66.7. The third-order valence-corrected chi connectivity index (χ3v) is 14.5. The van der Waals surface area contributed by atoms with Gasteiger partial charge in [0.15, 0.2) is 0 Å². The molecule has 5 heterocycles. The number of carbonyl (C=O) groups is 6. The lowest BCUT2D eigenvalue weighted by atomic mass is 10.2. The van der Waals surface area contributed by atoms with E-state index in [2.05, 4.69) is 36.0 Å². The summed E-state index contributed by atoms with van der Waals surface area (Å²) in [7, 11) is -10.3. The average molecular weight is 1370 g/mol. The molecule has 5 fully saturated rings. The Labute approximate surface area is 582 Å². The van der Waals surface area contributed by atoms with Crippen LogP contribution in [-0.2, 0) is 73.8 Å². The fourth-order valence-corrected chi connectivity index (χ4v) is 9.63. The second-order valence-corrected chi connectivity index (χ2v) is 24.3. The van der Waals surface area contributed by atoms with Crippen molar-refractivity contribution < 1.29 is 97.7 Å². The second kappa shape index (κ2) is 40.4. The molecule has 9 rings (SSSR count). The van der Waals surface area contributed by atoms with E-state index in [9.17, 15) is 33.9 Å². The van der Waals surface area contributed by atoms with Crippen LogP contribution in [0.4, 0.5) is 28.8 Å². The highest BCUT2D eigenvalue weighted by atomic mass is 16.6. The van der Waals surface area contributed by atoms with Gasteiger partial charge in [-0.15, -0.1) is 0 Å². The number of aliphatic hydroxyl groups excluding tert-OH is 1. The summed E-state index contributed by atoms with van der Waals surface area (Å²) in [5.41, 5.74) is 24.8. The van der Waals surface area contributed by atoms with E-state index in [-0.39, 0.29) is 78.8 Å². The number of nitrogens with one attached hydrogen (secondary N) is 3. The maximum atomic E-state index is 12.4. The van der Waals surface area contributed by atoms with E-state index < -0.39 is 137 Å². The van der Waals surface area contributed by atoms with Gasteiger partial charge in [0, 0.05) is 77.2 Å². The molecule has 10 atom stereocenters. The van der Waals surface area contributed by atoms with Gasteiger partial charge in [-0.25, -0.2) is 28.8 Å². The maximum Gasteiger partial charge on any atom is 0.410 e. The normalized spacial score (nSPS) is 24.6. The number of β-amino-alcohol motifs (C(OH)–C–C–N with tert-alkyl or cyclic N) is 1. The van der Waals surface area contributed by atoms with Crippen molar-refractivity contribution >= 4 is 36.6 Å². The third-order valence-electron chi connectivity index (χ3n) is 14.5. The molecule has 0 radical (unpaired) electrons.